The van der Waals surface area contributed by atoms with Gasteiger partial charge >= 0.3 is 0 Å². The van der Waals surface area contributed by atoms with E-state index in [1.165, 1.54) is 48.5 Å². The Morgan fingerprint density at radius 1 is 0.581 bits per heavy atom. The lowest BCUT2D eigenvalue weighted by Crippen LogP contribution is -2.04. The molecule has 4 aromatic carbocycles. The third-order valence-corrected chi connectivity index (χ3v) is 4.67. The number of carbonyl (C=O) groups is 2. The van der Waals surface area contributed by atoms with Gasteiger partial charge in [0, 0.05) is 16.7 Å². The molecule has 5 heteroatoms. The average Bonchev–Trinajstić information content (AvgIpc) is 2.80. The van der Waals surface area contributed by atoms with Crippen molar-refractivity contribution in [2.45, 2.75) is 0 Å². The quantitative estimate of drug-likeness (QED) is 0.352. The maximum atomic E-state index is 13.2. The summed E-state index contributed by atoms with van der Waals surface area (Å²) >= 11 is 0. The van der Waals surface area contributed by atoms with Gasteiger partial charge in [0.25, 0.3) is 0 Å². The van der Waals surface area contributed by atoms with Crippen LogP contribution in [0, 0.1) is 11.6 Å². The summed E-state index contributed by atoms with van der Waals surface area (Å²) in [6.07, 6.45) is 0. The SMILES string of the molecule is O=C(c1ccc(F)cc1)c1cccc(Oc2ccccc2C(=O)c2ccc(F)cc2)c1. The van der Waals surface area contributed by atoms with E-state index in [1.54, 1.807) is 48.5 Å². The molecule has 0 bridgehead atoms. The van der Waals surface area contributed by atoms with Crippen molar-refractivity contribution in [2.24, 2.45) is 0 Å². The third-order valence-electron chi connectivity index (χ3n) is 4.67. The highest BCUT2D eigenvalue weighted by atomic mass is 19.1. The molecule has 31 heavy (non-hydrogen) atoms. The van der Waals surface area contributed by atoms with Gasteiger partial charge in [-0.1, -0.05) is 24.3 Å². The highest BCUT2D eigenvalue weighted by molar-refractivity contribution is 6.11. The number of ether oxygens (including phenoxy) is 1. The molecule has 0 heterocycles. The molecule has 0 N–H and O–H groups in total. The lowest BCUT2D eigenvalue weighted by Gasteiger charge is -2.11. The molecule has 3 nitrogen and oxygen atoms in total. The molecule has 0 fully saturated rings. The maximum Gasteiger partial charge on any atom is 0.196 e. The molecule has 0 saturated carbocycles. The van der Waals surface area contributed by atoms with Crippen LogP contribution >= 0.6 is 0 Å². The lowest BCUT2D eigenvalue weighted by molar-refractivity contribution is 0.102. The van der Waals surface area contributed by atoms with Gasteiger partial charge in [-0.3, -0.25) is 9.59 Å². The molecule has 0 saturated heterocycles. The van der Waals surface area contributed by atoms with Crippen molar-refractivity contribution in [3.8, 4) is 11.5 Å². The van der Waals surface area contributed by atoms with E-state index < -0.39 is 11.6 Å². The summed E-state index contributed by atoms with van der Waals surface area (Å²) in [5, 5.41) is 0. The zero-order valence-corrected chi connectivity index (χ0v) is 16.2. The van der Waals surface area contributed by atoms with Crippen LogP contribution in [0.5, 0.6) is 11.5 Å². The Labute approximate surface area is 177 Å². The summed E-state index contributed by atoms with van der Waals surface area (Å²) in [4.78, 5) is 25.6. The van der Waals surface area contributed by atoms with Crippen molar-refractivity contribution in [3.05, 3.63) is 131 Å². The van der Waals surface area contributed by atoms with E-state index in [0.29, 0.717) is 33.8 Å². The molecule has 0 atom stereocenters. The Morgan fingerprint density at radius 2 is 1.16 bits per heavy atom. The molecule has 0 unspecified atom stereocenters. The van der Waals surface area contributed by atoms with Gasteiger partial charge in [-0.15, -0.1) is 0 Å². The summed E-state index contributed by atoms with van der Waals surface area (Å²) in [6, 6.07) is 23.8. The normalized spacial score (nSPS) is 10.5. The average molecular weight is 414 g/mol. The molecule has 0 aliphatic rings. The number of para-hydroxylation sites is 1. The van der Waals surface area contributed by atoms with Crippen molar-refractivity contribution in [1.82, 2.24) is 0 Å². The molecule has 0 amide bonds. The van der Waals surface area contributed by atoms with E-state index in [4.69, 9.17) is 4.74 Å². The minimum atomic E-state index is -0.427. The highest BCUT2D eigenvalue weighted by Crippen LogP contribution is 2.28. The first-order valence-corrected chi connectivity index (χ1v) is 9.49. The van der Waals surface area contributed by atoms with Crippen molar-refractivity contribution >= 4 is 11.6 Å². The van der Waals surface area contributed by atoms with Crippen LogP contribution < -0.4 is 4.74 Å². The van der Waals surface area contributed by atoms with Gasteiger partial charge in [0.05, 0.1) is 5.56 Å². The molecular formula is C26H16F2O3. The van der Waals surface area contributed by atoms with Crippen LogP contribution in [0.25, 0.3) is 0 Å². The van der Waals surface area contributed by atoms with Crippen LogP contribution in [-0.4, -0.2) is 11.6 Å². The first-order valence-electron chi connectivity index (χ1n) is 9.49. The zero-order chi connectivity index (χ0) is 21.8. The number of benzene rings is 4. The Balaban J connectivity index is 1.61. The molecule has 0 spiro atoms. The van der Waals surface area contributed by atoms with E-state index in [2.05, 4.69) is 0 Å². The summed E-state index contributed by atoms with van der Waals surface area (Å²) in [5.74, 6) is -0.759. The van der Waals surface area contributed by atoms with E-state index in [-0.39, 0.29) is 11.6 Å². The second-order valence-electron chi connectivity index (χ2n) is 6.80. The smallest absolute Gasteiger partial charge is 0.196 e. The molecule has 4 rings (SSSR count). The molecule has 4 aromatic rings. The number of ketones is 2. The van der Waals surface area contributed by atoms with Crippen LogP contribution in [0.15, 0.2) is 97.1 Å². The van der Waals surface area contributed by atoms with Crippen molar-refractivity contribution in [2.75, 3.05) is 0 Å². The Hall–Kier alpha value is -4.12. The topological polar surface area (TPSA) is 43.4 Å². The summed E-state index contributed by atoms with van der Waals surface area (Å²) < 4.78 is 32.2. The first kappa shape index (κ1) is 20.2. The van der Waals surface area contributed by atoms with E-state index in [0.717, 1.165) is 0 Å². The van der Waals surface area contributed by atoms with Crippen molar-refractivity contribution in [1.29, 1.82) is 0 Å². The molecule has 0 aliphatic heterocycles. The van der Waals surface area contributed by atoms with Crippen molar-refractivity contribution < 1.29 is 23.1 Å². The number of hydrogen-bond acceptors (Lipinski definition) is 3. The monoisotopic (exact) mass is 414 g/mol. The van der Waals surface area contributed by atoms with Crippen LogP contribution in [0.2, 0.25) is 0 Å². The van der Waals surface area contributed by atoms with Gasteiger partial charge in [-0.05, 0) is 72.8 Å². The minimum Gasteiger partial charge on any atom is -0.457 e. The number of halogens is 2. The predicted molar refractivity (Wildman–Crippen MR) is 113 cm³/mol. The summed E-state index contributed by atoms with van der Waals surface area (Å²) in [5.41, 5.74) is 1.36. The molecule has 0 aliphatic carbocycles. The second kappa shape index (κ2) is 8.71. The highest BCUT2D eigenvalue weighted by Gasteiger charge is 2.16. The second-order valence-corrected chi connectivity index (χ2v) is 6.80. The van der Waals surface area contributed by atoms with E-state index in [9.17, 15) is 18.4 Å². The molecular weight excluding hydrogens is 398 g/mol. The van der Waals surface area contributed by atoms with Gasteiger partial charge in [-0.2, -0.15) is 0 Å². The first-order chi connectivity index (χ1) is 15.0. The predicted octanol–water partition coefficient (Wildman–Crippen LogP) is 6.22. The molecule has 0 aromatic heterocycles. The minimum absolute atomic E-state index is 0.277. The number of carbonyl (C=O) groups excluding carboxylic acids is 2. The third kappa shape index (κ3) is 4.56. The summed E-state index contributed by atoms with van der Waals surface area (Å²) in [6.45, 7) is 0. The van der Waals surface area contributed by atoms with Crippen LogP contribution in [0.4, 0.5) is 8.78 Å². The van der Waals surface area contributed by atoms with Gasteiger partial charge in [0.1, 0.15) is 23.1 Å². The fourth-order valence-electron chi connectivity index (χ4n) is 3.10. The van der Waals surface area contributed by atoms with Crippen LogP contribution in [-0.2, 0) is 0 Å². The molecule has 152 valence electrons. The lowest BCUT2D eigenvalue weighted by atomic mass is 10.0. The standard InChI is InChI=1S/C26H16F2O3/c27-20-12-8-17(9-13-20)25(29)19-4-3-5-22(16-19)31-24-7-2-1-6-23(24)26(30)18-10-14-21(28)15-11-18/h1-16H. The fraction of sp³-hybridized carbons (Fsp3) is 0. The number of hydrogen-bond donors (Lipinski definition) is 0. The Kier molecular flexibility index (Phi) is 5.67. The largest absolute Gasteiger partial charge is 0.457 e. The number of rotatable bonds is 6. The zero-order valence-electron chi connectivity index (χ0n) is 16.2. The summed E-state index contributed by atoms with van der Waals surface area (Å²) in [7, 11) is 0. The van der Waals surface area contributed by atoms with E-state index in [1.807, 2.05) is 0 Å². The maximum absolute atomic E-state index is 13.2. The van der Waals surface area contributed by atoms with Crippen LogP contribution in [0.3, 0.4) is 0 Å². The Morgan fingerprint density at radius 3 is 1.81 bits per heavy atom. The fourth-order valence-corrected chi connectivity index (χ4v) is 3.10. The van der Waals surface area contributed by atoms with Gasteiger partial charge < -0.3 is 4.74 Å². The van der Waals surface area contributed by atoms with Crippen molar-refractivity contribution in [3.63, 3.8) is 0 Å². The van der Waals surface area contributed by atoms with Gasteiger partial charge in [-0.25, -0.2) is 8.78 Å². The van der Waals surface area contributed by atoms with Crippen LogP contribution in [0.1, 0.15) is 31.8 Å². The van der Waals surface area contributed by atoms with Gasteiger partial charge in [0.15, 0.2) is 11.6 Å². The van der Waals surface area contributed by atoms with E-state index >= 15 is 0 Å². The van der Waals surface area contributed by atoms with Gasteiger partial charge in [0.2, 0.25) is 0 Å². The Bertz CT molecular complexity index is 1250. The molecule has 0 radical (unpaired) electrons.